The van der Waals surface area contributed by atoms with E-state index in [4.69, 9.17) is 27.9 Å². The molecule has 0 atom stereocenters. The molecule has 0 aliphatic rings. The summed E-state index contributed by atoms with van der Waals surface area (Å²) in [6.07, 6.45) is 0. The van der Waals surface area contributed by atoms with Gasteiger partial charge in [-0.15, -0.1) is 0 Å². The first kappa shape index (κ1) is 17.3. The predicted octanol–water partition coefficient (Wildman–Crippen LogP) is 3.50. The molecule has 1 aromatic heterocycles. The van der Waals surface area contributed by atoms with E-state index in [1.165, 1.54) is 7.11 Å². The van der Waals surface area contributed by atoms with Crippen LogP contribution in [0.3, 0.4) is 0 Å². The lowest BCUT2D eigenvalue weighted by Crippen LogP contribution is -2.11. The van der Waals surface area contributed by atoms with Crippen LogP contribution in [-0.4, -0.2) is 30.2 Å². The summed E-state index contributed by atoms with van der Waals surface area (Å²) in [5.41, 5.74) is 1.90. The van der Waals surface area contributed by atoms with Gasteiger partial charge in [0, 0.05) is 12.1 Å². The number of hydrogen-bond donors (Lipinski definition) is 1. The third kappa shape index (κ3) is 4.03. The van der Waals surface area contributed by atoms with Gasteiger partial charge in [0.25, 0.3) is 0 Å². The first-order valence-corrected chi connectivity index (χ1v) is 7.40. The lowest BCUT2D eigenvalue weighted by atomic mass is 10.1. The number of ether oxygens (including phenoxy) is 2. The van der Waals surface area contributed by atoms with Crippen molar-refractivity contribution in [1.29, 1.82) is 0 Å². The van der Waals surface area contributed by atoms with Crippen molar-refractivity contribution in [2.24, 2.45) is 0 Å². The summed E-state index contributed by atoms with van der Waals surface area (Å²) in [6.45, 7) is 2.36. The lowest BCUT2D eigenvalue weighted by Gasteiger charge is -2.13. The van der Waals surface area contributed by atoms with E-state index in [0.29, 0.717) is 6.54 Å². The SMILES string of the molecule is COC(=O)c1nc(Cl)nc(NCc2ccc(C)cc2OC)c1Cl. The third-order valence-corrected chi connectivity index (χ3v) is 3.62. The van der Waals surface area contributed by atoms with Crippen molar-refractivity contribution in [2.75, 3.05) is 19.5 Å². The number of esters is 1. The zero-order chi connectivity index (χ0) is 17.0. The number of aromatic nitrogens is 2. The molecule has 23 heavy (non-hydrogen) atoms. The van der Waals surface area contributed by atoms with Gasteiger partial charge < -0.3 is 14.8 Å². The number of halogens is 2. The van der Waals surface area contributed by atoms with Crippen molar-refractivity contribution >= 4 is 35.0 Å². The van der Waals surface area contributed by atoms with Crippen LogP contribution < -0.4 is 10.1 Å². The molecule has 0 aliphatic carbocycles. The standard InChI is InChI=1S/C15H15Cl2N3O3/c1-8-4-5-9(10(6-8)22-2)7-18-13-11(16)12(14(21)23-3)19-15(17)20-13/h4-6H,7H2,1-3H3,(H,18,19,20). The van der Waals surface area contributed by atoms with E-state index in [1.807, 2.05) is 25.1 Å². The van der Waals surface area contributed by atoms with Crippen LogP contribution in [0.5, 0.6) is 5.75 Å². The maximum absolute atomic E-state index is 11.6. The Kier molecular flexibility index (Phi) is 5.63. The van der Waals surface area contributed by atoms with Crippen LogP contribution in [0.25, 0.3) is 0 Å². The van der Waals surface area contributed by atoms with Crippen LogP contribution in [0, 0.1) is 6.92 Å². The molecule has 0 radical (unpaired) electrons. The molecule has 6 nitrogen and oxygen atoms in total. The molecular weight excluding hydrogens is 341 g/mol. The second-order valence-electron chi connectivity index (χ2n) is 4.66. The Morgan fingerprint density at radius 2 is 2.00 bits per heavy atom. The Labute approximate surface area is 143 Å². The summed E-state index contributed by atoms with van der Waals surface area (Å²) in [4.78, 5) is 19.4. The molecule has 0 amide bonds. The number of anilines is 1. The number of methoxy groups -OCH3 is 2. The van der Waals surface area contributed by atoms with Crippen molar-refractivity contribution in [3.63, 3.8) is 0 Å². The number of carbonyl (C=O) groups is 1. The normalized spacial score (nSPS) is 10.3. The van der Waals surface area contributed by atoms with Gasteiger partial charge in [-0.25, -0.2) is 9.78 Å². The minimum Gasteiger partial charge on any atom is -0.496 e. The number of carbonyl (C=O) groups excluding carboxylic acids is 1. The number of nitrogens with zero attached hydrogens (tertiary/aromatic N) is 2. The fraction of sp³-hybridized carbons (Fsp3) is 0.267. The zero-order valence-electron chi connectivity index (χ0n) is 12.8. The quantitative estimate of drug-likeness (QED) is 0.653. The van der Waals surface area contributed by atoms with Crippen molar-refractivity contribution in [3.05, 3.63) is 45.3 Å². The molecule has 1 aromatic carbocycles. The summed E-state index contributed by atoms with van der Waals surface area (Å²) in [5.74, 6) is 0.298. The maximum Gasteiger partial charge on any atom is 0.358 e. The van der Waals surface area contributed by atoms with Crippen LogP contribution in [0.4, 0.5) is 5.82 Å². The molecule has 8 heteroatoms. The molecule has 0 aliphatic heterocycles. The smallest absolute Gasteiger partial charge is 0.358 e. The first-order chi connectivity index (χ1) is 11.0. The van der Waals surface area contributed by atoms with Crippen LogP contribution >= 0.6 is 23.2 Å². The van der Waals surface area contributed by atoms with Gasteiger partial charge in [-0.1, -0.05) is 23.7 Å². The highest BCUT2D eigenvalue weighted by Gasteiger charge is 2.19. The predicted molar refractivity (Wildman–Crippen MR) is 88.4 cm³/mol. The second kappa shape index (κ2) is 7.48. The molecule has 0 unspecified atom stereocenters. The molecular formula is C15H15Cl2N3O3. The number of benzene rings is 1. The molecule has 122 valence electrons. The molecule has 0 saturated carbocycles. The highest BCUT2D eigenvalue weighted by atomic mass is 35.5. The molecule has 2 aromatic rings. The van der Waals surface area contributed by atoms with E-state index < -0.39 is 5.97 Å². The van der Waals surface area contributed by atoms with Crippen LogP contribution in [0.1, 0.15) is 21.6 Å². The van der Waals surface area contributed by atoms with Gasteiger partial charge in [-0.3, -0.25) is 0 Å². The minimum absolute atomic E-state index is 0.0485. The summed E-state index contributed by atoms with van der Waals surface area (Å²) in [6, 6.07) is 5.82. The van der Waals surface area contributed by atoms with Crippen molar-refractivity contribution in [1.82, 2.24) is 9.97 Å². The van der Waals surface area contributed by atoms with Gasteiger partial charge in [0.2, 0.25) is 5.28 Å². The number of rotatable bonds is 5. The fourth-order valence-electron chi connectivity index (χ4n) is 1.95. The monoisotopic (exact) mass is 355 g/mol. The summed E-state index contributed by atoms with van der Waals surface area (Å²) in [5, 5.41) is 2.97. The van der Waals surface area contributed by atoms with Gasteiger partial charge in [-0.2, -0.15) is 4.98 Å². The third-order valence-electron chi connectivity index (χ3n) is 3.09. The van der Waals surface area contributed by atoms with Gasteiger partial charge in [0.1, 0.15) is 10.8 Å². The van der Waals surface area contributed by atoms with Crippen molar-refractivity contribution < 1.29 is 14.3 Å². The molecule has 1 N–H and O–H groups in total. The second-order valence-corrected chi connectivity index (χ2v) is 5.38. The highest BCUT2D eigenvalue weighted by molar-refractivity contribution is 6.36. The first-order valence-electron chi connectivity index (χ1n) is 6.65. The maximum atomic E-state index is 11.6. The molecule has 0 fully saturated rings. The van der Waals surface area contributed by atoms with Crippen LogP contribution in [0.15, 0.2) is 18.2 Å². The van der Waals surface area contributed by atoms with E-state index in [1.54, 1.807) is 7.11 Å². The van der Waals surface area contributed by atoms with E-state index in [2.05, 4.69) is 20.0 Å². The largest absolute Gasteiger partial charge is 0.496 e. The van der Waals surface area contributed by atoms with Gasteiger partial charge in [-0.05, 0) is 30.2 Å². The average Bonchev–Trinajstić information content (AvgIpc) is 2.55. The van der Waals surface area contributed by atoms with E-state index in [-0.39, 0.29) is 21.8 Å². The van der Waals surface area contributed by atoms with Crippen LogP contribution in [-0.2, 0) is 11.3 Å². The van der Waals surface area contributed by atoms with Crippen molar-refractivity contribution in [3.8, 4) is 5.75 Å². The Bertz CT molecular complexity index is 738. The molecule has 0 spiro atoms. The zero-order valence-corrected chi connectivity index (χ0v) is 14.3. The van der Waals surface area contributed by atoms with E-state index >= 15 is 0 Å². The number of hydrogen-bond acceptors (Lipinski definition) is 6. The average molecular weight is 356 g/mol. The summed E-state index contributed by atoms with van der Waals surface area (Å²) < 4.78 is 9.96. The van der Waals surface area contributed by atoms with E-state index in [0.717, 1.165) is 16.9 Å². The lowest BCUT2D eigenvalue weighted by molar-refractivity contribution is 0.0594. The molecule has 0 saturated heterocycles. The Morgan fingerprint density at radius 3 is 2.65 bits per heavy atom. The molecule has 1 heterocycles. The Hall–Kier alpha value is -2.05. The summed E-state index contributed by atoms with van der Waals surface area (Å²) in [7, 11) is 2.83. The fourth-order valence-corrected chi connectivity index (χ4v) is 2.34. The minimum atomic E-state index is -0.685. The summed E-state index contributed by atoms with van der Waals surface area (Å²) >= 11 is 12.0. The Morgan fingerprint density at radius 1 is 1.26 bits per heavy atom. The highest BCUT2D eigenvalue weighted by Crippen LogP contribution is 2.27. The Balaban J connectivity index is 2.27. The molecule has 0 bridgehead atoms. The van der Waals surface area contributed by atoms with Gasteiger partial charge in [0.15, 0.2) is 11.5 Å². The van der Waals surface area contributed by atoms with Gasteiger partial charge >= 0.3 is 5.97 Å². The van der Waals surface area contributed by atoms with Crippen LogP contribution in [0.2, 0.25) is 10.3 Å². The van der Waals surface area contributed by atoms with Gasteiger partial charge in [0.05, 0.1) is 14.2 Å². The number of aryl methyl sites for hydroxylation is 1. The number of nitrogens with one attached hydrogen (secondary N) is 1. The topological polar surface area (TPSA) is 73.3 Å². The van der Waals surface area contributed by atoms with Crippen molar-refractivity contribution in [2.45, 2.75) is 13.5 Å². The molecule has 2 rings (SSSR count). The van der Waals surface area contributed by atoms with E-state index in [9.17, 15) is 4.79 Å².